The molecule has 0 aromatic heterocycles. The van der Waals surface area contributed by atoms with Crippen molar-refractivity contribution in [2.45, 2.75) is 58.8 Å². The van der Waals surface area contributed by atoms with Crippen LogP contribution in [0, 0.1) is 22.7 Å². The molecule has 4 aliphatic carbocycles. The molecule has 0 unspecified atom stereocenters. The van der Waals surface area contributed by atoms with Crippen molar-refractivity contribution in [3.63, 3.8) is 0 Å². The summed E-state index contributed by atoms with van der Waals surface area (Å²) in [7, 11) is 0. The molecule has 0 saturated heterocycles. The number of ketones is 1. The van der Waals surface area contributed by atoms with Crippen LogP contribution < -0.4 is 5.32 Å². The maximum absolute atomic E-state index is 13.8. The molecule has 0 radical (unpaired) electrons. The van der Waals surface area contributed by atoms with Gasteiger partial charge in [-0.15, -0.1) is 11.8 Å². The number of anilines is 1. The van der Waals surface area contributed by atoms with E-state index in [4.69, 9.17) is 0 Å². The number of hydrogen-bond donors (Lipinski definition) is 4. The Kier molecular flexibility index (Phi) is 6.79. The molecule has 188 valence electrons. The third-order valence-electron chi connectivity index (χ3n) is 8.22. The van der Waals surface area contributed by atoms with Gasteiger partial charge in [-0.2, -0.15) is 0 Å². The van der Waals surface area contributed by atoms with Gasteiger partial charge >= 0.3 is 5.97 Å². The highest BCUT2D eigenvalue weighted by molar-refractivity contribution is 8.04. The summed E-state index contributed by atoms with van der Waals surface area (Å²) in [6, 6.07) is 2.18. The number of carbonyl (C=O) groups is 3. The SMILES string of the molecule is C=C1C[C@]23C=C(SCCC)C(=O)[C@@](C)(CCC(=O)Nc4c(O)ccc(C(=O)O)c4O)[C@@H]2C[C@@H]1CC3. The van der Waals surface area contributed by atoms with Crippen molar-refractivity contribution in [1.82, 2.24) is 0 Å². The molecule has 1 amide bonds. The Morgan fingerprint density at radius 1 is 1.29 bits per heavy atom. The summed E-state index contributed by atoms with van der Waals surface area (Å²) >= 11 is 1.60. The van der Waals surface area contributed by atoms with Gasteiger partial charge in [0, 0.05) is 16.7 Å². The number of amides is 1. The molecule has 8 heteroatoms. The number of Topliss-reactive ketones (excluding diaryl/α,β-unsaturated/α-hetero) is 1. The molecule has 0 aliphatic heterocycles. The van der Waals surface area contributed by atoms with Gasteiger partial charge in [-0.25, -0.2) is 4.79 Å². The van der Waals surface area contributed by atoms with Crippen LogP contribution in [0.3, 0.4) is 0 Å². The van der Waals surface area contributed by atoms with Gasteiger partial charge in [0.05, 0.1) is 0 Å². The van der Waals surface area contributed by atoms with Gasteiger partial charge in [0.15, 0.2) is 11.5 Å². The maximum atomic E-state index is 13.8. The Hall–Kier alpha value is -2.74. The number of aromatic hydroxyl groups is 2. The number of nitrogens with one attached hydrogen (secondary N) is 1. The lowest BCUT2D eigenvalue weighted by Gasteiger charge is -2.59. The normalized spacial score (nSPS) is 29.5. The van der Waals surface area contributed by atoms with Crippen LogP contribution in [0.2, 0.25) is 0 Å². The van der Waals surface area contributed by atoms with Gasteiger partial charge in [0.1, 0.15) is 17.0 Å². The molecule has 35 heavy (non-hydrogen) atoms. The molecule has 2 bridgehead atoms. The molecule has 1 spiro atoms. The van der Waals surface area contributed by atoms with E-state index < -0.39 is 34.4 Å². The summed E-state index contributed by atoms with van der Waals surface area (Å²) in [6.07, 6.45) is 7.40. The minimum Gasteiger partial charge on any atom is -0.506 e. The number of hydrogen-bond acceptors (Lipinski definition) is 6. The highest BCUT2D eigenvalue weighted by atomic mass is 32.2. The first-order valence-corrected chi connectivity index (χ1v) is 13.2. The molecule has 5 rings (SSSR count). The zero-order chi connectivity index (χ0) is 25.5. The average molecular weight is 500 g/mol. The van der Waals surface area contributed by atoms with Crippen molar-refractivity contribution in [3.8, 4) is 11.5 Å². The largest absolute Gasteiger partial charge is 0.506 e. The van der Waals surface area contributed by atoms with Gasteiger partial charge in [0.25, 0.3) is 0 Å². The second-order valence-electron chi connectivity index (χ2n) is 10.4. The van der Waals surface area contributed by atoms with Crippen LogP contribution in [0.5, 0.6) is 11.5 Å². The second kappa shape index (κ2) is 9.37. The van der Waals surface area contributed by atoms with E-state index in [2.05, 4.69) is 24.9 Å². The zero-order valence-electron chi connectivity index (χ0n) is 20.2. The van der Waals surface area contributed by atoms with E-state index in [0.29, 0.717) is 12.3 Å². The van der Waals surface area contributed by atoms with Crippen molar-refractivity contribution in [2.24, 2.45) is 22.7 Å². The third kappa shape index (κ3) is 4.37. The minimum absolute atomic E-state index is 0.00232. The molecule has 3 fully saturated rings. The first-order chi connectivity index (χ1) is 16.5. The van der Waals surface area contributed by atoms with Gasteiger partial charge in [0.2, 0.25) is 5.91 Å². The van der Waals surface area contributed by atoms with E-state index in [1.807, 2.05) is 6.92 Å². The van der Waals surface area contributed by atoms with E-state index in [1.54, 1.807) is 11.8 Å². The molecule has 1 aromatic carbocycles. The number of carboxylic acid groups (broad SMARTS) is 1. The van der Waals surface area contributed by atoms with Gasteiger partial charge in [-0.1, -0.05) is 32.1 Å². The molecule has 3 saturated carbocycles. The van der Waals surface area contributed by atoms with E-state index in [9.17, 15) is 29.7 Å². The number of allylic oxidation sites excluding steroid dienone is 3. The first kappa shape index (κ1) is 25.4. The molecule has 7 nitrogen and oxygen atoms in total. The smallest absolute Gasteiger partial charge is 0.339 e. The highest BCUT2D eigenvalue weighted by Gasteiger charge is 2.59. The van der Waals surface area contributed by atoms with Crippen LogP contribution in [0.25, 0.3) is 0 Å². The van der Waals surface area contributed by atoms with Crippen molar-refractivity contribution >= 4 is 35.1 Å². The Bertz CT molecular complexity index is 1130. The Labute approximate surface area is 209 Å². The zero-order valence-corrected chi connectivity index (χ0v) is 21.0. The minimum atomic E-state index is -1.37. The standard InChI is InChI=1S/C27H33NO6S/c1-4-11-35-19-14-27-10-7-16(15(2)13-27)12-20(27)26(3,24(19)32)9-8-21(30)28-22-18(29)6-5-17(23(22)31)25(33)34/h5-6,14,16,20,29,31H,2,4,7-13H2,1,3H3,(H,28,30)(H,33,34)/t16-,20-,26-,27+/m0/s1. The molecule has 0 heterocycles. The number of carboxylic acids is 1. The number of fused-ring (bicyclic) bond motifs is 2. The Morgan fingerprint density at radius 3 is 2.69 bits per heavy atom. The molecule has 4 aliphatic rings. The Morgan fingerprint density at radius 2 is 2.03 bits per heavy atom. The van der Waals surface area contributed by atoms with Crippen LogP contribution in [-0.4, -0.2) is 38.7 Å². The van der Waals surface area contributed by atoms with E-state index in [1.165, 1.54) is 5.57 Å². The topological polar surface area (TPSA) is 124 Å². The quantitative estimate of drug-likeness (QED) is 0.275. The number of carbonyl (C=O) groups excluding carboxylic acids is 2. The number of phenolic OH excluding ortho intramolecular Hbond substituents is 1. The maximum Gasteiger partial charge on any atom is 0.339 e. The van der Waals surface area contributed by atoms with E-state index in [-0.39, 0.29) is 29.2 Å². The average Bonchev–Trinajstić information content (AvgIpc) is 2.81. The lowest BCUT2D eigenvalue weighted by Crippen LogP contribution is -2.55. The third-order valence-corrected chi connectivity index (χ3v) is 9.45. The van der Waals surface area contributed by atoms with Crippen molar-refractivity contribution in [1.29, 1.82) is 0 Å². The van der Waals surface area contributed by atoms with Gasteiger partial charge < -0.3 is 20.6 Å². The predicted molar refractivity (Wildman–Crippen MR) is 136 cm³/mol. The lowest BCUT2D eigenvalue weighted by atomic mass is 9.44. The van der Waals surface area contributed by atoms with E-state index >= 15 is 0 Å². The molecule has 1 aromatic rings. The van der Waals surface area contributed by atoms with Crippen LogP contribution >= 0.6 is 11.8 Å². The molecule has 4 atom stereocenters. The van der Waals surface area contributed by atoms with Gasteiger partial charge in [-0.3, -0.25) is 9.59 Å². The summed E-state index contributed by atoms with van der Waals surface area (Å²) in [5, 5.41) is 32.0. The summed E-state index contributed by atoms with van der Waals surface area (Å²) in [5.41, 5.74) is -0.307. The van der Waals surface area contributed by atoms with Crippen molar-refractivity contribution < 1.29 is 29.7 Å². The molecular weight excluding hydrogens is 466 g/mol. The van der Waals surface area contributed by atoms with Crippen molar-refractivity contribution in [2.75, 3.05) is 11.1 Å². The first-order valence-electron chi connectivity index (χ1n) is 12.2. The predicted octanol–water partition coefficient (Wildman–Crippen LogP) is 5.49. The number of rotatable bonds is 8. The fraction of sp³-hybridized carbons (Fsp3) is 0.519. The van der Waals surface area contributed by atoms with Crippen molar-refractivity contribution in [3.05, 3.63) is 40.8 Å². The van der Waals surface area contributed by atoms with E-state index in [0.717, 1.165) is 54.9 Å². The summed E-state index contributed by atoms with van der Waals surface area (Å²) < 4.78 is 0. The van der Waals surface area contributed by atoms with Gasteiger partial charge in [-0.05, 0) is 73.7 Å². The van der Waals surface area contributed by atoms with Crippen LogP contribution in [0.4, 0.5) is 5.69 Å². The number of aromatic carboxylic acids is 1. The fourth-order valence-corrected chi connectivity index (χ4v) is 7.45. The number of benzene rings is 1. The number of thioether (sulfide) groups is 1. The lowest BCUT2D eigenvalue weighted by molar-refractivity contribution is -0.136. The summed E-state index contributed by atoms with van der Waals surface area (Å²) in [6.45, 7) is 8.39. The molecular formula is C27H33NO6S. The van der Waals surface area contributed by atoms with Crippen LogP contribution in [-0.2, 0) is 9.59 Å². The Balaban J connectivity index is 1.58. The number of phenols is 2. The molecule has 4 N–H and O–H groups in total. The highest BCUT2D eigenvalue weighted by Crippen LogP contribution is 2.65. The monoisotopic (exact) mass is 499 g/mol. The fourth-order valence-electron chi connectivity index (χ4n) is 6.35. The summed E-state index contributed by atoms with van der Waals surface area (Å²) in [4.78, 5) is 38.8. The summed E-state index contributed by atoms with van der Waals surface area (Å²) in [5.74, 6) is -1.51. The second-order valence-corrected chi connectivity index (χ2v) is 11.5. The van der Waals surface area contributed by atoms with Crippen LogP contribution in [0.1, 0.15) is 69.2 Å². The van der Waals surface area contributed by atoms with Crippen LogP contribution in [0.15, 0.2) is 35.3 Å².